The number of ether oxygens (including phenoxy) is 1. The molecule has 2 aromatic rings. The number of nitrogens with zero attached hydrogens (tertiary/aromatic N) is 1. The number of alkyl halides is 3. The van der Waals surface area contributed by atoms with Crippen LogP contribution in [-0.2, 0) is 12.6 Å². The van der Waals surface area contributed by atoms with Gasteiger partial charge in [0.1, 0.15) is 11.5 Å². The number of benzene rings is 2. The van der Waals surface area contributed by atoms with Gasteiger partial charge in [-0.05, 0) is 36.2 Å². The number of nitriles is 1. The van der Waals surface area contributed by atoms with E-state index < -0.39 is 17.3 Å². The fourth-order valence-corrected chi connectivity index (χ4v) is 1.97. The Morgan fingerprint density at radius 1 is 1.18 bits per heavy atom. The summed E-state index contributed by atoms with van der Waals surface area (Å²) < 4.78 is 44.3. The molecule has 0 fully saturated rings. The Bertz CT molecular complexity index is 729. The molecule has 2 aromatic carbocycles. The third-order valence-electron chi connectivity index (χ3n) is 2.98. The molecule has 0 aliphatic carbocycles. The maximum atomic E-state index is 12.9. The number of allylic oxidation sites excluding steroid dienone is 1. The van der Waals surface area contributed by atoms with Crippen LogP contribution in [0.2, 0.25) is 0 Å². The lowest BCUT2D eigenvalue weighted by Crippen LogP contribution is -2.08. The Hall–Kier alpha value is -2.74. The fraction of sp³-hybridized carbons (Fsp3) is 0.118. The highest BCUT2D eigenvalue weighted by atomic mass is 19.4. The van der Waals surface area contributed by atoms with Gasteiger partial charge in [-0.2, -0.15) is 18.4 Å². The SMILES string of the molecule is C=CCc1ccccc1Oc1ccc(C#N)c(C(F)(F)F)c1. The summed E-state index contributed by atoms with van der Waals surface area (Å²) in [5, 5.41) is 8.77. The highest BCUT2D eigenvalue weighted by Gasteiger charge is 2.34. The molecule has 0 bridgehead atoms. The van der Waals surface area contributed by atoms with Gasteiger partial charge in [0.2, 0.25) is 0 Å². The molecule has 5 heteroatoms. The Morgan fingerprint density at radius 2 is 1.91 bits per heavy atom. The van der Waals surface area contributed by atoms with Gasteiger partial charge in [0, 0.05) is 0 Å². The van der Waals surface area contributed by atoms with E-state index in [4.69, 9.17) is 10.00 Å². The van der Waals surface area contributed by atoms with Crippen LogP contribution in [0.5, 0.6) is 11.5 Å². The molecule has 0 saturated carbocycles. The van der Waals surface area contributed by atoms with Gasteiger partial charge in [-0.15, -0.1) is 6.58 Å². The van der Waals surface area contributed by atoms with E-state index in [1.807, 2.05) is 12.1 Å². The Kier molecular flexibility index (Phi) is 4.52. The van der Waals surface area contributed by atoms with Gasteiger partial charge in [-0.25, -0.2) is 0 Å². The third kappa shape index (κ3) is 3.47. The number of hydrogen-bond acceptors (Lipinski definition) is 2. The van der Waals surface area contributed by atoms with Crippen LogP contribution >= 0.6 is 0 Å². The van der Waals surface area contributed by atoms with Crippen LogP contribution in [0.3, 0.4) is 0 Å². The summed E-state index contributed by atoms with van der Waals surface area (Å²) in [7, 11) is 0. The molecule has 0 aromatic heterocycles. The molecule has 22 heavy (non-hydrogen) atoms. The van der Waals surface area contributed by atoms with Gasteiger partial charge in [0.25, 0.3) is 0 Å². The highest BCUT2D eigenvalue weighted by molar-refractivity contribution is 5.46. The fourth-order valence-electron chi connectivity index (χ4n) is 1.97. The van der Waals surface area contributed by atoms with Gasteiger partial charge in [-0.3, -0.25) is 0 Å². The van der Waals surface area contributed by atoms with E-state index in [1.54, 1.807) is 18.2 Å². The Morgan fingerprint density at radius 3 is 2.55 bits per heavy atom. The van der Waals surface area contributed by atoms with Gasteiger partial charge < -0.3 is 4.74 Å². The van der Waals surface area contributed by atoms with Crippen molar-refractivity contribution in [2.24, 2.45) is 0 Å². The summed E-state index contributed by atoms with van der Waals surface area (Å²) in [6, 6.07) is 11.8. The van der Waals surface area contributed by atoms with Crippen LogP contribution in [-0.4, -0.2) is 0 Å². The van der Waals surface area contributed by atoms with E-state index in [9.17, 15) is 13.2 Å². The predicted molar refractivity (Wildman–Crippen MR) is 76.6 cm³/mol. The molecule has 0 N–H and O–H groups in total. The van der Waals surface area contributed by atoms with Gasteiger partial charge in [0.15, 0.2) is 0 Å². The van der Waals surface area contributed by atoms with Crippen LogP contribution < -0.4 is 4.74 Å². The van der Waals surface area contributed by atoms with Crippen molar-refractivity contribution in [1.29, 1.82) is 5.26 Å². The second-order valence-electron chi connectivity index (χ2n) is 4.52. The molecule has 2 rings (SSSR count). The topological polar surface area (TPSA) is 33.0 Å². The normalized spacial score (nSPS) is 10.8. The van der Waals surface area contributed by atoms with E-state index in [2.05, 4.69) is 6.58 Å². The molecule has 0 spiro atoms. The second kappa shape index (κ2) is 6.35. The maximum absolute atomic E-state index is 12.9. The van der Waals surface area contributed by atoms with Crippen molar-refractivity contribution >= 4 is 0 Å². The first-order valence-corrected chi connectivity index (χ1v) is 6.43. The van der Waals surface area contributed by atoms with Crippen LogP contribution in [0.4, 0.5) is 13.2 Å². The molecule has 0 heterocycles. The summed E-state index contributed by atoms with van der Waals surface area (Å²) in [4.78, 5) is 0. The minimum atomic E-state index is -4.61. The van der Waals surface area contributed by atoms with Crippen LogP contribution in [0.1, 0.15) is 16.7 Å². The average molecular weight is 303 g/mol. The molecule has 0 aliphatic heterocycles. The smallest absolute Gasteiger partial charge is 0.417 e. The zero-order valence-corrected chi connectivity index (χ0v) is 11.5. The second-order valence-corrected chi connectivity index (χ2v) is 4.52. The van der Waals surface area contributed by atoms with E-state index in [-0.39, 0.29) is 5.75 Å². The van der Waals surface area contributed by atoms with Crippen molar-refractivity contribution < 1.29 is 17.9 Å². The van der Waals surface area contributed by atoms with E-state index in [0.717, 1.165) is 17.7 Å². The molecule has 0 saturated heterocycles. The summed E-state index contributed by atoms with van der Waals surface area (Å²) in [5.74, 6) is 0.489. The number of para-hydroxylation sites is 1. The molecule has 0 atom stereocenters. The molecule has 2 nitrogen and oxygen atoms in total. The van der Waals surface area contributed by atoms with E-state index in [1.165, 1.54) is 12.1 Å². The Balaban J connectivity index is 2.39. The average Bonchev–Trinajstić information content (AvgIpc) is 2.48. The van der Waals surface area contributed by atoms with Crippen LogP contribution in [0.15, 0.2) is 55.1 Å². The van der Waals surface area contributed by atoms with Crippen molar-refractivity contribution in [3.8, 4) is 17.6 Å². The van der Waals surface area contributed by atoms with Gasteiger partial charge >= 0.3 is 6.18 Å². The first-order chi connectivity index (χ1) is 10.5. The zero-order chi connectivity index (χ0) is 16.2. The first kappa shape index (κ1) is 15.6. The van der Waals surface area contributed by atoms with Crippen LogP contribution in [0, 0.1) is 11.3 Å². The molecule has 0 unspecified atom stereocenters. The van der Waals surface area contributed by atoms with Crippen molar-refractivity contribution in [3.05, 3.63) is 71.8 Å². The standard InChI is InChI=1S/C17H12F3NO/c1-2-5-12-6-3-4-7-16(12)22-14-9-8-13(11-21)15(10-14)17(18,19)20/h2-4,6-10H,1,5H2. The quantitative estimate of drug-likeness (QED) is 0.736. The summed E-state index contributed by atoms with van der Waals surface area (Å²) >= 11 is 0. The largest absolute Gasteiger partial charge is 0.457 e. The van der Waals surface area contributed by atoms with E-state index >= 15 is 0 Å². The molecular weight excluding hydrogens is 291 g/mol. The maximum Gasteiger partial charge on any atom is 0.417 e. The lowest BCUT2D eigenvalue weighted by atomic mass is 10.1. The minimum Gasteiger partial charge on any atom is -0.457 e. The molecule has 0 aliphatic rings. The lowest BCUT2D eigenvalue weighted by molar-refractivity contribution is -0.137. The van der Waals surface area contributed by atoms with Gasteiger partial charge in [-0.1, -0.05) is 24.3 Å². The van der Waals surface area contributed by atoms with Crippen LogP contribution in [0.25, 0.3) is 0 Å². The van der Waals surface area contributed by atoms with Crippen molar-refractivity contribution in [2.45, 2.75) is 12.6 Å². The monoisotopic (exact) mass is 303 g/mol. The van der Waals surface area contributed by atoms with Gasteiger partial charge in [0.05, 0.1) is 17.2 Å². The van der Waals surface area contributed by atoms with Crippen molar-refractivity contribution in [3.63, 3.8) is 0 Å². The summed E-state index contributed by atoms with van der Waals surface area (Å²) in [6.45, 7) is 3.63. The van der Waals surface area contributed by atoms with Crippen molar-refractivity contribution in [2.75, 3.05) is 0 Å². The Labute approximate surface area is 126 Å². The molecule has 112 valence electrons. The minimum absolute atomic E-state index is 0.0304. The lowest BCUT2D eigenvalue weighted by Gasteiger charge is -2.13. The molecule has 0 radical (unpaired) electrons. The molecular formula is C17H12F3NO. The number of halogens is 3. The first-order valence-electron chi connectivity index (χ1n) is 6.43. The number of hydrogen-bond donors (Lipinski definition) is 0. The van der Waals surface area contributed by atoms with Crippen molar-refractivity contribution in [1.82, 2.24) is 0 Å². The zero-order valence-electron chi connectivity index (χ0n) is 11.5. The summed E-state index contributed by atoms with van der Waals surface area (Å²) in [6.07, 6.45) is -2.38. The summed E-state index contributed by atoms with van der Waals surface area (Å²) in [5.41, 5.74) is -0.622. The predicted octanol–water partition coefficient (Wildman–Crippen LogP) is 5.10. The molecule has 0 amide bonds. The third-order valence-corrected chi connectivity index (χ3v) is 2.98. The van der Waals surface area contributed by atoms with E-state index in [0.29, 0.717) is 12.2 Å². The highest BCUT2D eigenvalue weighted by Crippen LogP contribution is 2.35. The number of rotatable bonds is 4.